The molecule has 2 atom stereocenters. The Labute approximate surface area is 96.2 Å². The first-order chi connectivity index (χ1) is 7.32. The van der Waals surface area contributed by atoms with Gasteiger partial charge in [-0.2, -0.15) is 4.31 Å². The molecule has 1 amide bonds. The van der Waals surface area contributed by atoms with E-state index in [1.165, 1.54) is 10.6 Å². The highest BCUT2D eigenvalue weighted by atomic mass is 32.2. The Morgan fingerprint density at radius 1 is 1.62 bits per heavy atom. The average Bonchev–Trinajstić information content (AvgIpc) is 2.60. The van der Waals surface area contributed by atoms with Gasteiger partial charge < -0.3 is 11.1 Å². The molecule has 0 saturated carbocycles. The molecule has 0 radical (unpaired) electrons. The zero-order chi connectivity index (χ0) is 12.3. The molecule has 1 aliphatic heterocycles. The molecule has 0 aliphatic carbocycles. The summed E-state index contributed by atoms with van der Waals surface area (Å²) in [7, 11) is -3.17. The molecule has 1 rings (SSSR count). The van der Waals surface area contributed by atoms with Crippen molar-refractivity contribution < 1.29 is 13.2 Å². The maximum atomic E-state index is 11.4. The van der Waals surface area contributed by atoms with Gasteiger partial charge in [-0.15, -0.1) is 0 Å². The van der Waals surface area contributed by atoms with E-state index in [2.05, 4.69) is 5.32 Å². The van der Waals surface area contributed by atoms with Gasteiger partial charge in [-0.3, -0.25) is 4.79 Å². The number of carbonyl (C=O) groups excluding carboxylic acids is 1. The van der Waals surface area contributed by atoms with E-state index in [4.69, 9.17) is 5.73 Å². The molecule has 1 saturated heterocycles. The summed E-state index contributed by atoms with van der Waals surface area (Å²) in [4.78, 5) is 11.3. The minimum Gasteiger partial charge on any atom is -0.353 e. The van der Waals surface area contributed by atoms with Crippen LogP contribution >= 0.6 is 0 Å². The van der Waals surface area contributed by atoms with Gasteiger partial charge in [0.2, 0.25) is 15.9 Å². The number of hydrogen-bond donors (Lipinski definition) is 2. The van der Waals surface area contributed by atoms with Crippen LogP contribution in [-0.4, -0.2) is 50.1 Å². The lowest BCUT2D eigenvalue weighted by Crippen LogP contribution is -2.46. The fraction of sp³-hybridized carbons (Fsp3) is 0.889. The number of amides is 1. The summed E-state index contributed by atoms with van der Waals surface area (Å²) in [5, 5.41) is 2.66. The third kappa shape index (κ3) is 3.43. The molecule has 16 heavy (non-hydrogen) atoms. The van der Waals surface area contributed by atoms with E-state index in [1.54, 1.807) is 6.92 Å². The summed E-state index contributed by atoms with van der Waals surface area (Å²) >= 11 is 0. The molecule has 6 nitrogen and oxygen atoms in total. The fourth-order valence-electron chi connectivity index (χ4n) is 1.83. The van der Waals surface area contributed by atoms with Crippen LogP contribution in [0.1, 0.15) is 19.8 Å². The quantitative estimate of drug-likeness (QED) is 0.659. The maximum Gasteiger partial charge on any atom is 0.236 e. The lowest BCUT2D eigenvalue weighted by molar-refractivity contribution is -0.122. The van der Waals surface area contributed by atoms with E-state index in [-0.39, 0.29) is 11.9 Å². The highest BCUT2D eigenvalue weighted by molar-refractivity contribution is 7.88. The number of hydrogen-bond acceptors (Lipinski definition) is 4. The second-order valence-corrected chi connectivity index (χ2v) is 6.14. The Morgan fingerprint density at radius 3 is 2.75 bits per heavy atom. The zero-order valence-electron chi connectivity index (χ0n) is 9.64. The lowest BCUT2D eigenvalue weighted by atomic mass is 10.2. The standard InChI is InChI=1S/C9H19N3O3S/c1-7(10)9(13)11-6-8-4-3-5-12(8)16(2,14)15/h7-8H,3-6,10H2,1-2H3,(H,11,13)/t7-,8-/m1/s1. The van der Waals surface area contributed by atoms with Crippen molar-refractivity contribution in [3.63, 3.8) is 0 Å². The maximum absolute atomic E-state index is 11.4. The lowest BCUT2D eigenvalue weighted by Gasteiger charge is -2.22. The van der Waals surface area contributed by atoms with Gasteiger partial charge in [0.1, 0.15) is 0 Å². The molecule has 0 aromatic heterocycles. The number of carbonyl (C=O) groups is 1. The highest BCUT2D eigenvalue weighted by Gasteiger charge is 2.31. The van der Waals surface area contributed by atoms with Crippen molar-refractivity contribution in [3.05, 3.63) is 0 Å². The number of sulfonamides is 1. The first-order valence-electron chi connectivity index (χ1n) is 5.32. The van der Waals surface area contributed by atoms with Crippen LogP contribution in [0.4, 0.5) is 0 Å². The Bertz CT molecular complexity index is 353. The van der Waals surface area contributed by atoms with E-state index >= 15 is 0 Å². The van der Waals surface area contributed by atoms with Crippen molar-refractivity contribution in [2.45, 2.75) is 31.8 Å². The van der Waals surface area contributed by atoms with Crippen LogP contribution < -0.4 is 11.1 Å². The number of rotatable bonds is 4. The van der Waals surface area contributed by atoms with Crippen LogP contribution in [0.15, 0.2) is 0 Å². The van der Waals surface area contributed by atoms with Crippen LogP contribution in [0.2, 0.25) is 0 Å². The van der Waals surface area contributed by atoms with Crippen molar-refractivity contribution in [2.75, 3.05) is 19.3 Å². The summed E-state index contributed by atoms with van der Waals surface area (Å²) in [6.45, 7) is 2.48. The molecule has 0 bridgehead atoms. The fourth-order valence-corrected chi connectivity index (χ4v) is 3.01. The third-order valence-corrected chi connectivity index (χ3v) is 4.01. The Morgan fingerprint density at radius 2 is 2.25 bits per heavy atom. The second kappa shape index (κ2) is 5.11. The Hall–Kier alpha value is -0.660. The van der Waals surface area contributed by atoms with Gasteiger partial charge in [0.05, 0.1) is 12.3 Å². The summed E-state index contributed by atoms with van der Waals surface area (Å²) in [5.41, 5.74) is 5.40. The largest absolute Gasteiger partial charge is 0.353 e. The SMILES string of the molecule is C[C@@H](N)C(=O)NC[C@H]1CCCN1S(C)(=O)=O. The molecule has 94 valence electrons. The topological polar surface area (TPSA) is 92.5 Å². The van der Waals surface area contributed by atoms with Gasteiger partial charge in [0.25, 0.3) is 0 Å². The van der Waals surface area contributed by atoms with Gasteiger partial charge in [-0.1, -0.05) is 0 Å². The minimum absolute atomic E-state index is 0.127. The molecule has 0 spiro atoms. The van der Waals surface area contributed by atoms with E-state index in [1.807, 2.05) is 0 Å². The van der Waals surface area contributed by atoms with E-state index in [9.17, 15) is 13.2 Å². The molecule has 1 heterocycles. The van der Waals surface area contributed by atoms with Crippen LogP contribution in [0.25, 0.3) is 0 Å². The zero-order valence-corrected chi connectivity index (χ0v) is 10.5. The number of nitrogens with two attached hydrogens (primary N) is 1. The van der Waals surface area contributed by atoms with Gasteiger partial charge in [-0.25, -0.2) is 8.42 Å². The molecule has 0 unspecified atom stereocenters. The number of nitrogens with one attached hydrogen (secondary N) is 1. The first-order valence-corrected chi connectivity index (χ1v) is 7.17. The summed E-state index contributed by atoms with van der Waals surface area (Å²) < 4.78 is 24.3. The summed E-state index contributed by atoms with van der Waals surface area (Å²) in [6.07, 6.45) is 2.82. The van der Waals surface area contributed by atoms with Gasteiger partial charge >= 0.3 is 0 Å². The monoisotopic (exact) mass is 249 g/mol. The van der Waals surface area contributed by atoms with Crippen LogP contribution in [-0.2, 0) is 14.8 Å². The Balaban J connectivity index is 2.51. The number of nitrogens with zero attached hydrogens (tertiary/aromatic N) is 1. The smallest absolute Gasteiger partial charge is 0.236 e. The normalized spacial score (nSPS) is 24.3. The third-order valence-electron chi connectivity index (χ3n) is 2.67. The molecule has 1 aliphatic rings. The van der Waals surface area contributed by atoms with Crippen molar-refractivity contribution in [1.82, 2.24) is 9.62 Å². The van der Waals surface area contributed by atoms with Crippen molar-refractivity contribution >= 4 is 15.9 Å². The van der Waals surface area contributed by atoms with Gasteiger partial charge in [0, 0.05) is 19.1 Å². The summed E-state index contributed by atoms with van der Waals surface area (Å²) in [5.74, 6) is -0.250. The molecule has 0 aromatic carbocycles. The molecule has 0 aromatic rings. The predicted octanol–water partition coefficient (Wildman–Crippen LogP) is -1.13. The minimum atomic E-state index is -3.17. The van der Waals surface area contributed by atoms with Gasteiger partial charge in [-0.05, 0) is 19.8 Å². The van der Waals surface area contributed by atoms with Crippen molar-refractivity contribution in [2.24, 2.45) is 5.73 Å². The van der Waals surface area contributed by atoms with E-state index in [0.717, 1.165) is 12.8 Å². The van der Waals surface area contributed by atoms with E-state index < -0.39 is 16.1 Å². The average molecular weight is 249 g/mol. The van der Waals surface area contributed by atoms with Gasteiger partial charge in [0.15, 0.2) is 0 Å². The van der Waals surface area contributed by atoms with Crippen molar-refractivity contribution in [1.29, 1.82) is 0 Å². The van der Waals surface area contributed by atoms with E-state index in [0.29, 0.717) is 13.1 Å². The molecule has 3 N–H and O–H groups in total. The second-order valence-electron chi connectivity index (χ2n) is 4.20. The molecular formula is C9H19N3O3S. The molecular weight excluding hydrogens is 230 g/mol. The highest BCUT2D eigenvalue weighted by Crippen LogP contribution is 2.19. The molecule has 1 fully saturated rings. The predicted molar refractivity (Wildman–Crippen MR) is 61.2 cm³/mol. The van der Waals surface area contributed by atoms with Crippen LogP contribution in [0.5, 0.6) is 0 Å². The summed E-state index contributed by atoms with van der Waals surface area (Å²) in [6, 6.07) is -0.689. The molecule has 7 heteroatoms. The van der Waals surface area contributed by atoms with Crippen LogP contribution in [0, 0.1) is 0 Å². The van der Waals surface area contributed by atoms with Crippen molar-refractivity contribution in [3.8, 4) is 0 Å². The first kappa shape index (κ1) is 13.4. The Kier molecular flexibility index (Phi) is 4.28. The van der Waals surface area contributed by atoms with Crippen LogP contribution in [0.3, 0.4) is 0 Å².